The Labute approximate surface area is 133 Å². The van der Waals surface area contributed by atoms with Crippen LogP contribution >= 0.6 is 20.2 Å². The van der Waals surface area contributed by atoms with Crippen LogP contribution in [0.2, 0.25) is 0 Å². The minimum atomic E-state index is 0.194. The summed E-state index contributed by atoms with van der Waals surface area (Å²) in [5, 5.41) is 4.68. The molecule has 0 saturated carbocycles. The van der Waals surface area contributed by atoms with E-state index in [-0.39, 0.29) is 13.1 Å². The first-order valence-electron chi connectivity index (χ1n) is 6.95. The fourth-order valence-corrected chi connectivity index (χ4v) is 2.15. The molecule has 2 atom stereocenters. The summed E-state index contributed by atoms with van der Waals surface area (Å²) < 4.78 is 0. The molecule has 116 valence electrons. The zero-order valence-electron chi connectivity index (χ0n) is 12.1. The van der Waals surface area contributed by atoms with Crippen LogP contribution in [0.25, 0.3) is 5.32 Å². The quantitative estimate of drug-likeness (QED) is 0.524. The van der Waals surface area contributed by atoms with Gasteiger partial charge in [0.05, 0.1) is 6.54 Å². The molecular formula is C13H26Cl2FeN3-. The summed E-state index contributed by atoms with van der Waals surface area (Å²) in [5.41, 5.74) is 0. The van der Waals surface area contributed by atoms with Crippen molar-refractivity contribution in [2.75, 3.05) is 26.2 Å². The first kappa shape index (κ1) is 19.7. The SMILES string of the molecule is CCN(CC)CCN=CC1CCCC(C)[N-]1.[Cl][Fe][Cl]. The van der Waals surface area contributed by atoms with Gasteiger partial charge in [-0.25, -0.2) is 0 Å². The van der Waals surface area contributed by atoms with Crippen molar-refractivity contribution in [2.45, 2.75) is 52.1 Å². The Morgan fingerprint density at radius 2 is 1.95 bits per heavy atom. The van der Waals surface area contributed by atoms with Gasteiger partial charge < -0.3 is 10.2 Å². The van der Waals surface area contributed by atoms with Crippen molar-refractivity contribution in [3.63, 3.8) is 0 Å². The van der Waals surface area contributed by atoms with Gasteiger partial charge in [-0.3, -0.25) is 4.99 Å². The number of hydrogen-bond acceptors (Lipinski definition) is 2. The fraction of sp³-hybridized carbons (Fsp3) is 0.923. The number of likely N-dealkylation sites (N-methyl/N-ethyl adjacent to an activating group) is 1. The topological polar surface area (TPSA) is 29.7 Å². The summed E-state index contributed by atoms with van der Waals surface area (Å²) in [4.78, 5) is 6.91. The Morgan fingerprint density at radius 3 is 2.47 bits per heavy atom. The van der Waals surface area contributed by atoms with Gasteiger partial charge in [0.15, 0.2) is 0 Å². The summed E-state index contributed by atoms with van der Waals surface area (Å²) in [7, 11) is 9.53. The van der Waals surface area contributed by atoms with E-state index in [1.165, 1.54) is 19.3 Å². The van der Waals surface area contributed by atoms with E-state index < -0.39 is 0 Å². The summed E-state index contributed by atoms with van der Waals surface area (Å²) >= 11 is 0.194. The molecule has 0 radical (unpaired) electrons. The molecule has 1 rings (SSSR count). The van der Waals surface area contributed by atoms with Gasteiger partial charge in [-0.2, -0.15) is 0 Å². The van der Waals surface area contributed by atoms with E-state index in [1.54, 1.807) is 0 Å². The number of halogens is 2. The van der Waals surface area contributed by atoms with Gasteiger partial charge in [-0.1, -0.05) is 46.1 Å². The van der Waals surface area contributed by atoms with E-state index in [0.29, 0.717) is 12.1 Å². The molecule has 0 spiro atoms. The molecule has 0 N–H and O–H groups in total. The molecule has 0 aromatic rings. The summed E-state index contributed by atoms with van der Waals surface area (Å²) in [6, 6.07) is 0.924. The first-order valence-corrected chi connectivity index (χ1v) is 9.99. The van der Waals surface area contributed by atoms with Crippen LogP contribution in [-0.2, 0) is 13.1 Å². The average Bonchev–Trinajstić information content (AvgIpc) is 2.40. The molecule has 1 heterocycles. The molecule has 1 aliphatic rings. The Morgan fingerprint density at radius 1 is 1.32 bits per heavy atom. The second kappa shape index (κ2) is 13.7. The number of piperidine rings is 1. The van der Waals surface area contributed by atoms with Crippen LogP contribution in [0, 0.1) is 0 Å². The van der Waals surface area contributed by atoms with E-state index in [1.807, 2.05) is 0 Å². The molecule has 0 amide bonds. The van der Waals surface area contributed by atoms with Crippen LogP contribution in [0.4, 0.5) is 0 Å². The van der Waals surface area contributed by atoms with Crippen LogP contribution in [0.5, 0.6) is 0 Å². The molecule has 19 heavy (non-hydrogen) atoms. The van der Waals surface area contributed by atoms with Crippen LogP contribution in [0.3, 0.4) is 0 Å². The average molecular weight is 351 g/mol. The predicted octanol–water partition coefficient (Wildman–Crippen LogP) is 4.09. The van der Waals surface area contributed by atoms with Crippen molar-refractivity contribution in [3.8, 4) is 0 Å². The monoisotopic (exact) mass is 350 g/mol. The molecule has 3 nitrogen and oxygen atoms in total. The first-order chi connectivity index (χ1) is 9.17. The van der Waals surface area contributed by atoms with Gasteiger partial charge in [0.1, 0.15) is 0 Å². The van der Waals surface area contributed by atoms with E-state index in [4.69, 9.17) is 20.2 Å². The van der Waals surface area contributed by atoms with Crippen LogP contribution in [0.15, 0.2) is 4.99 Å². The molecule has 1 saturated heterocycles. The number of nitrogens with zero attached hydrogens (tertiary/aromatic N) is 3. The van der Waals surface area contributed by atoms with Crippen molar-refractivity contribution in [1.29, 1.82) is 0 Å². The molecule has 0 aromatic carbocycles. The van der Waals surface area contributed by atoms with Crippen LogP contribution in [0.1, 0.15) is 40.0 Å². The zero-order chi connectivity index (χ0) is 14.5. The van der Waals surface area contributed by atoms with E-state index >= 15 is 0 Å². The predicted molar refractivity (Wildman–Crippen MR) is 83.3 cm³/mol. The third-order valence-corrected chi connectivity index (χ3v) is 3.28. The Bertz CT molecular complexity index is 226. The summed E-state index contributed by atoms with van der Waals surface area (Å²) in [5.74, 6) is 0. The molecule has 2 unspecified atom stereocenters. The molecule has 1 aliphatic heterocycles. The molecule has 0 bridgehead atoms. The van der Waals surface area contributed by atoms with Crippen molar-refractivity contribution in [2.24, 2.45) is 4.99 Å². The number of hydrogen-bond donors (Lipinski definition) is 0. The second-order valence-corrected chi connectivity index (χ2v) is 6.45. The third kappa shape index (κ3) is 11.1. The third-order valence-electron chi connectivity index (χ3n) is 3.28. The molecular weight excluding hydrogens is 325 g/mol. The Kier molecular flexibility index (Phi) is 14.2. The van der Waals surface area contributed by atoms with Crippen molar-refractivity contribution >= 4 is 26.4 Å². The van der Waals surface area contributed by atoms with Gasteiger partial charge >= 0.3 is 33.3 Å². The number of aliphatic imine (C=N–C) groups is 1. The molecule has 1 fully saturated rings. The van der Waals surface area contributed by atoms with Gasteiger partial charge in [0, 0.05) is 6.54 Å². The zero-order valence-corrected chi connectivity index (χ0v) is 14.7. The van der Waals surface area contributed by atoms with E-state index in [2.05, 4.69) is 42.2 Å². The van der Waals surface area contributed by atoms with E-state index in [9.17, 15) is 0 Å². The normalized spacial score (nSPS) is 23.7. The van der Waals surface area contributed by atoms with Crippen molar-refractivity contribution in [3.05, 3.63) is 5.32 Å². The van der Waals surface area contributed by atoms with Gasteiger partial charge in [0.2, 0.25) is 0 Å². The molecule has 0 aromatic heterocycles. The molecule has 0 aliphatic carbocycles. The summed E-state index contributed by atoms with van der Waals surface area (Å²) in [6.07, 6.45) is 5.82. The van der Waals surface area contributed by atoms with Gasteiger partial charge in [-0.15, -0.1) is 6.04 Å². The number of rotatable bonds is 6. The fourth-order valence-electron chi connectivity index (χ4n) is 2.15. The second-order valence-electron chi connectivity index (χ2n) is 4.63. The van der Waals surface area contributed by atoms with Crippen LogP contribution < -0.4 is 0 Å². The maximum atomic E-state index is 4.76. The maximum absolute atomic E-state index is 4.76. The Hall–Kier alpha value is 0.689. The van der Waals surface area contributed by atoms with E-state index in [0.717, 1.165) is 26.2 Å². The van der Waals surface area contributed by atoms with Gasteiger partial charge in [0.25, 0.3) is 0 Å². The minimum absolute atomic E-state index is 0.194. The standard InChI is InChI=1S/C13H26N3.2ClH.Fe/c1-4-16(5-2)10-9-14-11-13-8-6-7-12(3)15-13;;;/h11-13H,4-10H2,1-3H3;2*1H;/q-1;;;+2/p-2. The Balaban J connectivity index is 0.000000982. The van der Waals surface area contributed by atoms with Crippen LogP contribution in [-0.4, -0.2) is 49.4 Å². The van der Waals surface area contributed by atoms with Crippen molar-refractivity contribution in [1.82, 2.24) is 4.90 Å². The van der Waals surface area contributed by atoms with Crippen molar-refractivity contribution < 1.29 is 13.1 Å². The van der Waals surface area contributed by atoms with Gasteiger partial charge in [-0.05, 0) is 19.3 Å². The summed E-state index contributed by atoms with van der Waals surface area (Å²) in [6.45, 7) is 10.8. The molecule has 6 heteroatoms.